The summed E-state index contributed by atoms with van der Waals surface area (Å²) in [6.45, 7) is 1.99. The van der Waals surface area contributed by atoms with Crippen molar-refractivity contribution in [3.63, 3.8) is 0 Å². The Kier molecular flexibility index (Phi) is 4.79. The number of imidazole rings is 1. The minimum atomic E-state index is -1.46. The maximum atomic E-state index is 10.8. The lowest BCUT2D eigenvalue weighted by atomic mass is 10.2. The summed E-state index contributed by atoms with van der Waals surface area (Å²) >= 11 is 0. The molecule has 4 rings (SSSR count). The molecule has 1 saturated carbocycles. The van der Waals surface area contributed by atoms with Gasteiger partial charge in [-0.2, -0.15) is 0 Å². The number of aliphatic hydroxyl groups is 1. The van der Waals surface area contributed by atoms with Crippen LogP contribution in [-0.2, 0) is 11.2 Å². The van der Waals surface area contributed by atoms with Gasteiger partial charge >= 0.3 is 5.97 Å². The van der Waals surface area contributed by atoms with Gasteiger partial charge in [0.25, 0.3) is 0 Å². The molecule has 28 heavy (non-hydrogen) atoms. The highest BCUT2D eigenvalue weighted by Gasteiger charge is 2.25. The number of aliphatic hydroxyl groups excluding tert-OH is 1. The third-order valence-electron chi connectivity index (χ3n) is 4.61. The maximum Gasteiger partial charge on any atom is 0.332 e. The van der Waals surface area contributed by atoms with Gasteiger partial charge in [-0.25, -0.2) is 19.7 Å². The first-order valence-electron chi connectivity index (χ1n) is 9.14. The van der Waals surface area contributed by atoms with E-state index in [1.807, 2.05) is 31.2 Å². The van der Waals surface area contributed by atoms with Crippen molar-refractivity contribution in [2.75, 3.05) is 5.32 Å². The molecule has 3 aromatic rings. The Morgan fingerprint density at radius 1 is 1.32 bits per heavy atom. The summed E-state index contributed by atoms with van der Waals surface area (Å²) in [6.07, 6.45) is 5.96. The van der Waals surface area contributed by atoms with Crippen LogP contribution >= 0.6 is 0 Å². The van der Waals surface area contributed by atoms with Crippen molar-refractivity contribution in [2.24, 2.45) is 0 Å². The normalized spacial score (nSPS) is 14.6. The molecule has 2 aromatic heterocycles. The third-order valence-corrected chi connectivity index (χ3v) is 4.61. The van der Waals surface area contributed by atoms with E-state index in [0.29, 0.717) is 17.6 Å². The predicted molar refractivity (Wildman–Crippen MR) is 103 cm³/mol. The van der Waals surface area contributed by atoms with Gasteiger partial charge in [0.15, 0.2) is 6.10 Å². The van der Waals surface area contributed by atoms with Crippen molar-refractivity contribution in [1.82, 2.24) is 19.5 Å². The predicted octanol–water partition coefficient (Wildman–Crippen LogP) is 2.58. The van der Waals surface area contributed by atoms with Crippen LogP contribution in [0.25, 0.3) is 5.69 Å². The molecule has 144 valence electrons. The number of nitrogens with one attached hydrogen (secondary N) is 1. The number of rotatable bonds is 7. The molecular formula is C20H21N5O3. The van der Waals surface area contributed by atoms with E-state index in [1.165, 1.54) is 12.8 Å². The Morgan fingerprint density at radius 2 is 2.14 bits per heavy atom. The summed E-state index contributed by atoms with van der Waals surface area (Å²) < 4.78 is 1.80. The van der Waals surface area contributed by atoms with Gasteiger partial charge in [-0.05, 0) is 49.6 Å². The molecule has 1 aromatic carbocycles. The summed E-state index contributed by atoms with van der Waals surface area (Å²) in [5.74, 6) is -0.135. The van der Waals surface area contributed by atoms with E-state index in [2.05, 4.69) is 20.3 Å². The second kappa shape index (κ2) is 7.40. The fourth-order valence-corrected chi connectivity index (χ4v) is 3.05. The number of aromatic nitrogens is 4. The van der Waals surface area contributed by atoms with Gasteiger partial charge in [-0.15, -0.1) is 0 Å². The molecule has 1 atom stereocenters. The van der Waals surface area contributed by atoms with Crippen LogP contribution in [0, 0.1) is 6.92 Å². The summed E-state index contributed by atoms with van der Waals surface area (Å²) in [7, 11) is 0. The van der Waals surface area contributed by atoms with Crippen LogP contribution in [0.15, 0.2) is 43.0 Å². The molecule has 2 heterocycles. The summed E-state index contributed by atoms with van der Waals surface area (Å²) in [5, 5.41) is 21.6. The molecule has 3 N–H and O–H groups in total. The Hall–Kier alpha value is -3.26. The topological polar surface area (TPSA) is 113 Å². The zero-order valence-electron chi connectivity index (χ0n) is 15.4. The lowest BCUT2D eigenvalue weighted by molar-refractivity contribution is -0.146. The molecule has 0 amide bonds. The first-order valence-corrected chi connectivity index (χ1v) is 9.14. The zero-order chi connectivity index (χ0) is 19.7. The van der Waals surface area contributed by atoms with E-state index >= 15 is 0 Å². The second-order valence-electron chi connectivity index (χ2n) is 7.09. The summed E-state index contributed by atoms with van der Waals surface area (Å²) in [6, 6.07) is 7.90. The van der Waals surface area contributed by atoms with Crippen molar-refractivity contribution in [1.29, 1.82) is 0 Å². The lowest BCUT2D eigenvalue weighted by Crippen LogP contribution is -2.22. The van der Waals surface area contributed by atoms with Crippen molar-refractivity contribution in [2.45, 2.75) is 38.2 Å². The van der Waals surface area contributed by atoms with Crippen LogP contribution in [0.2, 0.25) is 0 Å². The minimum Gasteiger partial charge on any atom is -0.479 e. The van der Waals surface area contributed by atoms with Crippen LogP contribution in [0.4, 0.5) is 11.6 Å². The first-order chi connectivity index (χ1) is 13.5. The van der Waals surface area contributed by atoms with Gasteiger partial charge in [0.05, 0.1) is 12.0 Å². The zero-order valence-corrected chi connectivity index (χ0v) is 15.4. The number of carboxylic acids is 1. The van der Waals surface area contributed by atoms with E-state index in [9.17, 15) is 9.90 Å². The summed E-state index contributed by atoms with van der Waals surface area (Å²) in [5.41, 5.74) is 4.33. The van der Waals surface area contributed by atoms with E-state index in [-0.39, 0.29) is 6.42 Å². The fourth-order valence-electron chi connectivity index (χ4n) is 3.05. The SMILES string of the molecule is Cc1cc(Nc2nccc(C3CC3)n2)cc(-n2cnc(C[C@H](O)C(=O)O)c2)c1. The first kappa shape index (κ1) is 18.1. The molecule has 0 saturated heterocycles. The van der Waals surface area contributed by atoms with Crippen molar-refractivity contribution in [3.8, 4) is 5.69 Å². The van der Waals surface area contributed by atoms with Gasteiger partial charge in [0.1, 0.15) is 0 Å². The van der Waals surface area contributed by atoms with Crippen LogP contribution in [0.1, 0.15) is 35.7 Å². The highest BCUT2D eigenvalue weighted by Crippen LogP contribution is 2.39. The molecule has 8 heteroatoms. The smallest absolute Gasteiger partial charge is 0.332 e. The molecule has 8 nitrogen and oxygen atoms in total. The molecule has 0 bridgehead atoms. The molecule has 0 spiro atoms. The van der Waals surface area contributed by atoms with Gasteiger partial charge in [-0.1, -0.05) is 0 Å². The molecule has 1 aliphatic rings. The number of nitrogens with zero attached hydrogens (tertiary/aromatic N) is 4. The van der Waals surface area contributed by atoms with Crippen molar-refractivity contribution in [3.05, 3.63) is 59.9 Å². The average molecular weight is 379 g/mol. The van der Waals surface area contributed by atoms with E-state index < -0.39 is 12.1 Å². The monoisotopic (exact) mass is 379 g/mol. The van der Waals surface area contributed by atoms with E-state index in [4.69, 9.17) is 5.11 Å². The van der Waals surface area contributed by atoms with Crippen molar-refractivity contribution < 1.29 is 15.0 Å². The Balaban J connectivity index is 1.55. The van der Waals surface area contributed by atoms with Crippen LogP contribution in [0.5, 0.6) is 0 Å². The summed E-state index contributed by atoms with van der Waals surface area (Å²) in [4.78, 5) is 23.9. The van der Waals surface area contributed by atoms with Gasteiger partial charge in [0.2, 0.25) is 5.95 Å². The van der Waals surface area contributed by atoms with Gasteiger partial charge in [-0.3, -0.25) is 0 Å². The molecular weight excluding hydrogens is 358 g/mol. The molecule has 0 radical (unpaired) electrons. The number of carboxylic acid groups (broad SMARTS) is 1. The highest BCUT2D eigenvalue weighted by atomic mass is 16.4. The second-order valence-corrected chi connectivity index (χ2v) is 7.09. The molecule has 1 aliphatic carbocycles. The largest absolute Gasteiger partial charge is 0.479 e. The third kappa shape index (κ3) is 4.17. The van der Waals surface area contributed by atoms with E-state index in [0.717, 1.165) is 22.6 Å². The van der Waals surface area contributed by atoms with Crippen LogP contribution < -0.4 is 5.32 Å². The number of anilines is 2. The van der Waals surface area contributed by atoms with Crippen molar-refractivity contribution >= 4 is 17.6 Å². The Morgan fingerprint density at radius 3 is 2.89 bits per heavy atom. The maximum absolute atomic E-state index is 10.8. The van der Waals surface area contributed by atoms with Gasteiger partial charge in [0, 0.05) is 41.8 Å². The quantitative estimate of drug-likeness (QED) is 0.578. The molecule has 0 unspecified atom stereocenters. The average Bonchev–Trinajstić information content (AvgIpc) is 3.41. The van der Waals surface area contributed by atoms with Crippen LogP contribution in [0.3, 0.4) is 0 Å². The number of aliphatic carboxylic acids is 1. The number of aryl methyl sites for hydroxylation is 1. The van der Waals surface area contributed by atoms with Gasteiger partial charge < -0.3 is 20.1 Å². The Labute approximate surface area is 161 Å². The van der Waals surface area contributed by atoms with Crippen LogP contribution in [-0.4, -0.2) is 41.8 Å². The van der Waals surface area contributed by atoms with E-state index in [1.54, 1.807) is 23.3 Å². The highest BCUT2D eigenvalue weighted by molar-refractivity contribution is 5.72. The number of benzene rings is 1. The lowest BCUT2D eigenvalue weighted by Gasteiger charge is -2.10. The molecule has 0 aliphatic heterocycles. The standard InChI is InChI=1S/C20H21N5O3/c1-12-6-14(23-20-21-5-4-17(24-20)13-2-3-13)8-16(7-12)25-10-15(22-11-25)9-18(26)19(27)28/h4-8,10-11,13,18,26H,2-3,9H2,1H3,(H,27,28)(H,21,23,24)/t18-/m0/s1. The fraction of sp³-hybridized carbons (Fsp3) is 0.300. The Bertz CT molecular complexity index is 1010. The minimum absolute atomic E-state index is 0.0406. The number of hydrogen-bond acceptors (Lipinski definition) is 6. The number of carbonyl (C=O) groups is 1. The number of hydrogen-bond donors (Lipinski definition) is 3. The molecule has 1 fully saturated rings.